The molecule has 2 rings (SSSR count). The second-order valence-corrected chi connectivity index (χ2v) is 7.30. The summed E-state index contributed by atoms with van der Waals surface area (Å²) in [5.74, 6) is 1.70. The highest BCUT2D eigenvalue weighted by molar-refractivity contribution is 5.94. The monoisotopic (exact) mass is 398 g/mol. The third-order valence-electron chi connectivity index (χ3n) is 5.30. The first-order chi connectivity index (χ1) is 13.8. The smallest absolute Gasteiger partial charge is 0.243 e. The number of amides is 4. The molecule has 29 heavy (non-hydrogen) atoms. The summed E-state index contributed by atoms with van der Waals surface area (Å²) in [6.45, 7) is 3.25. The standard InChI is InChI=1S/C21H26N4O4/c1-5-9-22-18(26)12(3)24-20(28)16-14-7-8-15(11-14)17(16)21(29)25-13(4)19(27)23-10-6-2/h1-2,7-8,12-17H,9-11H2,3-4H3,(H,22,26)(H,23,27)(H,24,28)(H,25,29)/t12-,13-,14-,15+,16-,17+/m0/s1. The summed E-state index contributed by atoms with van der Waals surface area (Å²) in [5.41, 5.74) is 0. The maximum atomic E-state index is 12.9. The molecule has 0 heterocycles. The Hall–Kier alpha value is -3.26. The van der Waals surface area contributed by atoms with Crippen molar-refractivity contribution >= 4 is 23.6 Å². The van der Waals surface area contributed by atoms with Gasteiger partial charge in [-0.15, -0.1) is 12.8 Å². The van der Waals surface area contributed by atoms with Crippen LogP contribution >= 0.6 is 0 Å². The average molecular weight is 398 g/mol. The van der Waals surface area contributed by atoms with Gasteiger partial charge in [-0.3, -0.25) is 19.2 Å². The molecule has 2 aliphatic carbocycles. The lowest BCUT2D eigenvalue weighted by molar-refractivity contribution is -0.138. The van der Waals surface area contributed by atoms with Crippen molar-refractivity contribution in [2.75, 3.05) is 13.1 Å². The maximum absolute atomic E-state index is 12.9. The molecule has 8 nitrogen and oxygen atoms in total. The molecule has 2 bridgehead atoms. The van der Waals surface area contributed by atoms with E-state index >= 15 is 0 Å². The Bertz CT molecular complexity index is 727. The van der Waals surface area contributed by atoms with Crippen LogP contribution in [0.3, 0.4) is 0 Å². The minimum Gasteiger partial charge on any atom is -0.344 e. The highest BCUT2D eigenvalue weighted by Gasteiger charge is 2.51. The molecule has 0 aromatic heterocycles. The van der Waals surface area contributed by atoms with Crippen LogP contribution in [-0.2, 0) is 19.2 Å². The van der Waals surface area contributed by atoms with Crippen LogP contribution in [-0.4, -0.2) is 48.8 Å². The summed E-state index contributed by atoms with van der Waals surface area (Å²) in [4.78, 5) is 49.6. The summed E-state index contributed by atoms with van der Waals surface area (Å²) >= 11 is 0. The molecule has 1 fully saturated rings. The average Bonchev–Trinajstić information content (AvgIpc) is 3.31. The largest absolute Gasteiger partial charge is 0.344 e. The minimum atomic E-state index is -0.781. The molecule has 0 unspecified atom stereocenters. The van der Waals surface area contributed by atoms with Gasteiger partial charge in [-0.2, -0.15) is 0 Å². The van der Waals surface area contributed by atoms with Crippen molar-refractivity contribution in [1.82, 2.24) is 21.3 Å². The predicted molar refractivity (Wildman–Crippen MR) is 107 cm³/mol. The number of nitrogens with one attached hydrogen (secondary N) is 4. The molecule has 0 radical (unpaired) electrons. The van der Waals surface area contributed by atoms with E-state index in [4.69, 9.17) is 12.8 Å². The van der Waals surface area contributed by atoms with Crippen molar-refractivity contribution in [3.8, 4) is 24.7 Å². The molecule has 4 N–H and O–H groups in total. The Morgan fingerprint density at radius 1 is 0.862 bits per heavy atom. The van der Waals surface area contributed by atoms with Crippen LogP contribution in [0.1, 0.15) is 20.3 Å². The molecule has 0 saturated heterocycles. The number of carbonyl (C=O) groups is 4. The SMILES string of the molecule is C#CCNC(=O)[C@H](C)NC(=O)[C@@H]1[C@H](C(=O)N[C@@H](C)C(=O)NCC#C)[C@@H]2C=C[C@H]1C2. The number of hydrogen-bond acceptors (Lipinski definition) is 4. The van der Waals surface area contributed by atoms with Gasteiger partial charge in [0.15, 0.2) is 0 Å². The molecule has 4 amide bonds. The fourth-order valence-corrected chi connectivity index (χ4v) is 3.87. The first-order valence-electron chi connectivity index (χ1n) is 9.51. The summed E-state index contributed by atoms with van der Waals surface area (Å²) in [6.07, 6.45) is 14.8. The second kappa shape index (κ2) is 9.79. The van der Waals surface area contributed by atoms with Gasteiger partial charge in [-0.1, -0.05) is 24.0 Å². The Morgan fingerprint density at radius 2 is 1.24 bits per heavy atom. The number of hydrogen-bond donors (Lipinski definition) is 4. The van der Waals surface area contributed by atoms with Gasteiger partial charge in [0.2, 0.25) is 23.6 Å². The third kappa shape index (κ3) is 5.17. The van der Waals surface area contributed by atoms with Crippen LogP contribution in [0.2, 0.25) is 0 Å². The lowest BCUT2D eigenvalue weighted by Gasteiger charge is -2.28. The fourth-order valence-electron chi connectivity index (χ4n) is 3.87. The maximum Gasteiger partial charge on any atom is 0.243 e. The molecule has 6 atom stereocenters. The number of carbonyl (C=O) groups excluding carboxylic acids is 4. The van der Waals surface area contributed by atoms with Crippen molar-refractivity contribution in [3.05, 3.63) is 12.2 Å². The summed E-state index contributed by atoms with van der Waals surface area (Å²) in [5, 5.41) is 10.4. The van der Waals surface area contributed by atoms with E-state index in [1.54, 1.807) is 13.8 Å². The number of terminal acetylenes is 2. The van der Waals surface area contributed by atoms with E-state index in [1.165, 1.54) is 0 Å². The van der Waals surface area contributed by atoms with Crippen molar-refractivity contribution in [1.29, 1.82) is 0 Å². The zero-order chi connectivity index (χ0) is 21.6. The number of allylic oxidation sites excluding steroid dienone is 2. The third-order valence-corrected chi connectivity index (χ3v) is 5.30. The highest BCUT2D eigenvalue weighted by atomic mass is 16.2. The highest BCUT2D eigenvalue weighted by Crippen LogP contribution is 2.48. The summed E-state index contributed by atoms with van der Waals surface area (Å²) < 4.78 is 0. The van der Waals surface area contributed by atoms with Gasteiger partial charge in [0.25, 0.3) is 0 Å². The van der Waals surface area contributed by atoms with Crippen LogP contribution in [0.15, 0.2) is 12.2 Å². The van der Waals surface area contributed by atoms with Crippen molar-refractivity contribution in [3.63, 3.8) is 0 Å². The lowest BCUT2D eigenvalue weighted by Crippen LogP contribution is -2.52. The van der Waals surface area contributed by atoms with E-state index in [9.17, 15) is 19.2 Å². The van der Waals surface area contributed by atoms with Gasteiger partial charge in [-0.05, 0) is 32.1 Å². The minimum absolute atomic E-state index is 0.0700. The summed E-state index contributed by atoms with van der Waals surface area (Å²) in [6, 6.07) is -1.56. The van der Waals surface area contributed by atoms with E-state index in [0.717, 1.165) is 0 Å². The van der Waals surface area contributed by atoms with Gasteiger partial charge < -0.3 is 21.3 Å². The van der Waals surface area contributed by atoms with Crippen molar-refractivity contribution < 1.29 is 19.2 Å². The molecule has 0 aliphatic heterocycles. The Kier molecular flexibility index (Phi) is 7.44. The zero-order valence-electron chi connectivity index (χ0n) is 16.5. The molecule has 154 valence electrons. The fraction of sp³-hybridized carbons (Fsp3) is 0.524. The first kappa shape index (κ1) is 22.0. The van der Waals surface area contributed by atoms with E-state index < -0.39 is 35.7 Å². The van der Waals surface area contributed by atoms with Crippen molar-refractivity contribution in [2.45, 2.75) is 32.4 Å². The Morgan fingerprint density at radius 3 is 1.59 bits per heavy atom. The topological polar surface area (TPSA) is 116 Å². The first-order valence-corrected chi connectivity index (χ1v) is 9.51. The number of fused-ring (bicyclic) bond motifs is 2. The Balaban J connectivity index is 2.03. The lowest BCUT2D eigenvalue weighted by atomic mass is 9.81. The summed E-state index contributed by atoms with van der Waals surface area (Å²) in [7, 11) is 0. The Labute approximate surface area is 170 Å². The molecule has 1 saturated carbocycles. The van der Waals surface area contributed by atoms with Gasteiger partial charge in [-0.25, -0.2) is 0 Å². The predicted octanol–water partition coefficient (Wildman–Crippen LogP) is -1.07. The van der Waals surface area contributed by atoms with Crippen LogP contribution in [0, 0.1) is 48.4 Å². The second-order valence-electron chi connectivity index (χ2n) is 7.30. The molecule has 0 aromatic carbocycles. The van der Waals surface area contributed by atoms with Crippen molar-refractivity contribution in [2.24, 2.45) is 23.7 Å². The van der Waals surface area contributed by atoms with Crippen LogP contribution in [0.25, 0.3) is 0 Å². The molecular weight excluding hydrogens is 372 g/mol. The van der Waals surface area contributed by atoms with Gasteiger partial charge in [0.05, 0.1) is 24.9 Å². The van der Waals surface area contributed by atoms with Gasteiger partial charge >= 0.3 is 0 Å². The van der Waals surface area contributed by atoms with Gasteiger partial charge in [0, 0.05) is 0 Å². The van der Waals surface area contributed by atoms with Crippen LogP contribution in [0.5, 0.6) is 0 Å². The number of rotatable bonds is 8. The van der Waals surface area contributed by atoms with E-state index in [1.807, 2.05) is 12.2 Å². The van der Waals surface area contributed by atoms with Crippen LogP contribution < -0.4 is 21.3 Å². The van der Waals surface area contributed by atoms with E-state index in [2.05, 4.69) is 33.1 Å². The zero-order valence-corrected chi connectivity index (χ0v) is 16.5. The van der Waals surface area contributed by atoms with E-state index in [-0.39, 0.29) is 36.7 Å². The molecule has 0 aromatic rings. The normalized spacial score (nSPS) is 25.8. The van der Waals surface area contributed by atoms with Crippen LogP contribution in [0.4, 0.5) is 0 Å². The van der Waals surface area contributed by atoms with Gasteiger partial charge in [0.1, 0.15) is 12.1 Å². The molecule has 2 aliphatic rings. The molecular formula is C21H26N4O4. The molecule has 8 heteroatoms. The van der Waals surface area contributed by atoms with E-state index in [0.29, 0.717) is 6.42 Å². The molecule has 0 spiro atoms. The quantitative estimate of drug-likeness (QED) is 0.308.